The molecule has 0 saturated carbocycles. The Hall–Kier alpha value is -2.77. The van der Waals surface area contributed by atoms with Crippen molar-refractivity contribution in [2.75, 3.05) is 54.1 Å². The first kappa shape index (κ1) is 21.9. The summed E-state index contributed by atoms with van der Waals surface area (Å²) in [5.74, 6) is 2.32. The van der Waals surface area contributed by atoms with Crippen LogP contribution in [0.2, 0.25) is 0 Å². The number of nitrogens with one attached hydrogen (secondary N) is 1. The summed E-state index contributed by atoms with van der Waals surface area (Å²) in [4.78, 5) is 16.9. The van der Waals surface area contributed by atoms with Crippen molar-refractivity contribution >= 4 is 5.91 Å². The lowest BCUT2D eigenvalue weighted by atomic mass is 10.1. The molecule has 2 aromatic carbocycles. The van der Waals surface area contributed by atoms with Crippen LogP contribution >= 0.6 is 0 Å². The molecule has 0 atom stereocenters. The van der Waals surface area contributed by atoms with E-state index in [4.69, 9.17) is 14.2 Å². The maximum Gasteiger partial charge on any atom is 0.234 e. The zero-order valence-electron chi connectivity index (χ0n) is 18.0. The summed E-state index contributed by atoms with van der Waals surface area (Å²) < 4.78 is 16.0. The van der Waals surface area contributed by atoms with Crippen LogP contribution < -0.4 is 19.5 Å². The Morgan fingerprint density at radius 3 is 2.23 bits per heavy atom. The fraction of sp³-hybridized carbons (Fsp3) is 0.435. The second-order valence-corrected chi connectivity index (χ2v) is 7.33. The van der Waals surface area contributed by atoms with E-state index in [2.05, 4.69) is 21.2 Å². The fourth-order valence-corrected chi connectivity index (χ4v) is 3.64. The number of piperazine rings is 1. The molecule has 1 N–H and O–H groups in total. The highest BCUT2D eigenvalue weighted by Crippen LogP contribution is 2.28. The van der Waals surface area contributed by atoms with E-state index in [9.17, 15) is 4.79 Å². The molecule has 0 unspecified atom stereocenters. The molecule has 0 radical (unpaired) electrons. The van der Waals surface area contributed by atoms with Crippen molar-refractivity contribution in [1.82, 2.24) is 15.1 Å². The standard InChI is InChI=1S/C23H31N3O4/c1-28-20-7-5-4-6-19(20)15-24-23(27)17-26-12-10-25(11-13-26)16-18-8-9-21(29-2)22(14-18)30-3/h4-9,14H,10-13,15-17H2,1-3H3,(H,24,27). The minimum atomic E-state index is 0.0363. The largest absolute Gasteiger partial charge is 0.496 e. The van der Waals surface area contributed by atoms with Crippen LogP contribution in [0.25, 0.3) is 0 Å². The van der Waals surface area contributed by atoms with Crippen molar-refractivity contribution in [1.29, 1.82) is 0 Å². The third-order valence-corrected chi connectivity index (χ3v) is 5.35. The quantitative estimate of drug-likeness (QED) is 0.680. The number of methoxy groups -OCH3 is 3. The number of carbonyl (C=O) groups excluding carboxylic acids is 1. The first-order chi connectivity index (χ1) is 14.6. The van der Waals surface area contributed by atoms with Crippen molar-refractivity contribution in [3.8, 4) is 17.2 Å². The van der Waals surface area contributed by atoms with E-state index in [1.807, 2.05) is 36.4 Å². The van der Waals surface area contributed by atoms with Crippen molar-refractivity contribution in [2.24, 2.45) is 0 Å². The van der Waals surface area contributed by atoms with Crippen LogP contribution in [0, 0.1) is 0 Å². The van der Waals surface area contributed by atoms with E-state index in [1.54, 1.807) is 21.3 Å². The Morgan fingerprint density at radius 2 is 1.53 bits per heavy atom. The monoisotopic (exact) mass is 413 g/mol. The molecule has 1 saturated heterocycles. The van der Waals surface area contributed by atoms with E-state index < -0.39 is 0 Å². The number of hydrogen-bond acceptors (Lipinski definition) is 6. The topological polar surface area (TPSA) is 63.3 Å². The van der Waals surface area contributed by atoms with Gasteiger partial charge in [-0.3, -0.25) is 14.6 Å². The lowest BCUT2D eigenvalue weighted by Crippen LogP contribution is -2.49. The normalized spacial score (nSPS) is 14.9. The van der Waals surface area contributed by atoms with Gasteiger partial charge in [0.05, 0.1) is 27.9 Å². The zero-order valence-corrected chi connectivity index (χ0v) is 18.0. The number of ether oxygens (including phenoxy) is 3. The number of amides is 1. The van der Waals surface area contributed by atoms with Crippen molar-refractivity contribution in [2.45, 2.75) is 13.1 Å². The predicted octanol–water partition coefficient (Wildman–Crippen LogP) is 2.15. The summed E-state index contributed by atoms with van der Waals surface area (Å²) in [7, 11) is 4.94. The van der Waals surface area contributed by atoms with Gasteiger partial charge in [-0.05, 0) is 23.8 Å². The van der Waals surface area contributed by atoms with Crippen LogP contribution in [0.4, 0.5) is 0 Å². The Kier molecular flexibility index (Phi) is 7.93. The maximum absolute atomic E-state index is 12.4. The number of rotatable bonds is 9. The predicted molar refractivity (Wildman–Crippen MR) is 116 cm³/mol. The van der Waals surface area contributed by atoms with Gasteiger partial charge in [0.1, 0.15) is 5.75 Å². The van der Waals surface area contributed by atoms with Gasteiger partial charge in [-0.15, -0.1) is 0 Å². The first-order valence-corrected chi connectivity index (χ1v) is 10.2. The molecule has 0 bridgehead atoms. The molecule has 7 heteroatoms. The molecule has 7 nitrogen and oxygen atoms in total. The van der Waals surface area contributed by atoms with E-state index in [-0.39, 0.29) is 5.91 Å². The number of nitrogens with zero attached hydrogens (tertiary/aromatic N) is 2. The minimum absolute atomic E-state index is 0.0363. The summed E-state index contributed by atoms with van der Waals surface area (Å²) in [5.41, 5.74) is 2.17. The van der Waals surface area contributed by atoms with Gasteiger partial charge in [0.15, 0.2) is 11.5 Å². The van der Waals surface area contributed by atoms with E-state index in [0.717, 1.165) is 55.5 Å². The van der Waals surface area contributed by atoms with E-state index in [0.29, 0.717) is 13.1 Å². The van der Waals surface area contributed by atoms with Crippen LogP contribution in [0.3, 0.4) is 0 Å². The summed E-state index contributed by atoms with van der Waals surface area (Å²) in [6, 6.07) is 13.8. The number of carbonyl (C=O) groups is 1. The Morgan fingerprint density at radius 1 is 0.867 bits per heavy atom. The molecule has 3 rings (SSSR count). The van der Waals surface area contributed by atoms with Crippen LogP contribution in [0.1, 0.15) is 11.1 Å². The highest BCUT2D eigenvalue weighted by atomic mass is 16.5. The number of para-hydroxylation sites is 1. The number of benzene rings is 2. The Bertz CT molecular complexity index is 835. The highest BCUT2D eigenvalue weighted by molar-refractivity contribution is 5.78. The van der Waals surface area contributed by atoms with Crippen LogP contribution in [-0.2, 0) is 17.9 Å². The van der Waals surface area contributed by atoms with Crippen LogP contribution in [-0.4, -0.2) is 69.8 Å². The molecule has 0 spiro atoms. The molecule has 162 valence electrons. The molecule has 1 aliphatic heterocycles. The molecule has 1 aliphatic rings. The summed E-state index contributed by atoms with van der Waals surface area (Å²) in [6.45, 7) is 5.34. The molecular formula is C23H31N3O4. The molecular weight excluding hydrogens is 382 g/mol. The Labute approximate surface area is 178 Å². The van der Waals surface area contributed by atoms with E-state index >= 15 is 0 Å². The smallest absolute Gasteiger partial charge is 0.234 e. The van der Waals surface area contributed by atoms with Gasteiger partial charge < -0.3 is 19.5 Å². The molecule has 30 heavy (non-hydrogen) atoms. The van der Waals surface area contributed by atoms with Gasteiger partial charge in [-0.1, -0.05) is 24.3 Å². The average molecular weight is 414 g/mol. The van der Waals surface area contributed by atoms with Crippen molar-refractivity contribution < 1.29 is 19.0 Å². The highest BCUT2D eigenvalue weighted by Gasteiger charge is 2.19. The van der Waals surface area contributed by atoms with Gasteiger partial charge in [-0.2, -0.15) is 0 Å². The first-order valence-electron chi connectivity index (χ1n) is 10.2. The summed E-state index contributed by atoms with van der Waals surface area (Å²) in [6.07, 6.45) is 0. The van der Waals surface area contributed by atoms with Gasteiger partial charge in [0, 0.05) is 44.8 Å². The third-order valence-electron chi connectivity index (χ3n) is 5.35. The van der Waals surface area contributed by atoms with Crippen LogP contribution in [0.5, 0.6) is 17.2 Å². The molecule has 1 fully saturated rings. The lowest BCUT2D eigenvalue weighted by molar-refractivity contribution is -0.122. The maximum atomic E-state index is 12.4. The molecule has 1 heterocycles. The van der Waals surface area contributed by atoms with Crippen molar-refractivity contribution in [3.05, 3.63) is 53.6 Å². The minimum Gasteiger partial charge on any atom is -0.496 e. The second kappa shape index (κ2) is 10.8. The Balaban J connectivity index is 1.42. The molecule has 0 aromatic heterocycles. The lowest BCUT2D eigenvalue weighted by Gasteiger charge is -2.34. The average Bonchev–Trinajstić information content (AvgIpc) is 2.79. The van der Waals surface area contributed by atoms with Gasteiger partial charge in [0.2, 0.25) is 5.91 Å². The second-order valence-electron chi connectivity index (χ2n) is 7.33. The molecule has 1 amide bonds. The third kappa shape index (κ3) is 5.87. The molecule has 2 aromatic rings. The van der Waals surface area contributed by atoms with Crippen LogP contribution in [0.15, 0.2) is 42.5 Å². The van der Waals surface area contributed by atoms with Gasteiger partial charge in [-0.25, -0.2) is 0 Å². The summed E-state index contributed by atoms with van der Waals surface area (Å²) >= 11 is 0. The molecule has 0 aliphatic carbocycles. The zero-order chi connectivity index (χ0) is 21.3. The van der Waals surface area contributed by atoms with Crippen molar-refractivity contribution in [3.63, 3.8) is 0 Å². The number of hydrogen-bond donors (Lipinski definition) is 1. The van der Waals surface area contributed by atoms with Gasteiger partial charge in [0.25, 0.3) is 0 Å². The fourth-order valence-electron chi connectivity index (χ4n) is 3.64. The van der Waals surface area contributed by atoms with E-state index in [1.165, 1.54) is 5.56 Å². The summed E-state index contributed by atoms with van der Waals surface area (Å²) in [5, 5.41) is 3.00. The van der Waals surface area contributed by atoms with Gasteiger partial charge >= 0.3 is 0 Å². The SMILES string of the molecule is COc1ccccc1CNC(=O)CN1CCN(Cc2ccc(OC)c(OC)c2)CC1.